The van der Waals surface area contributed by atoms with E-state index in [9.17, 15) is 5.11 Å². The third-order valence-electron chi connectivity index (χ3n) is 5.29. The van der Waals surface area contributed by atoms with Gasteiger partial charge in [0.15, 0.2) is 11.5 Å². The highest BCUT2D eigenvalue weighted by atomic mass is 35.5. The molecule has 2 aromatic carbocycles. The lowest BCUT2D eigenvalue weighted by Crippen LogP contribution is -2.33. The monoisotopic (exact) mass is 400 g/mol. The molecule has 28 heavy (non-hydrogen) atoms. The topological polar surface area (TPSA) is 46.9 Å². The first-order valence-corrected chi connectivity index (χ1v) is 10.1. The van der Waals surface area contributed by atoms with Crippen LogP contribution in [0.5, 0.6) is 17.4 Å². The number of aromatic hydroxyl groups is 1. The van der Waals surface area contributed by atoms with E-state index in [1.165, 1.54) is 19.3 Å². The van der Waals surface area contributed by atoms with Crippen molar-refractivity contribution in [3.05, 3.63) is 47.6 Å². The number of fused-ring (bicyclic) bond motifs is 1. The highest BCUT2D eigenvalue weighted by Crippen LogP contribution is 2.35. The van der Waals surface area contributed by atoms with Crippen LogP contribution in [0.2, 0.25) is 5.02 Å². The van der Waals surface area contributed by atoms with Crippen molar-refractivity contribution in [3.63, 3.8) is 0 Å². The first-order valence-electron chi connectivity index (χ1n) is 9.69. The molecule has 1 fully saturated rings. The van der Waals surface area contributed by atoms with Gasteiger partial charge in [-0.1, -0.05) is 24.1 Å². The molecule has 4 rings (SSSR count). The summed E-state index contributed by atoms with van der Waals surface area (Å²) in [6.07, 6.45) is 5.75. The summed E-state index contributed by atoms with van der Waals surface area (Å²) in [5, 5.41) is 12.9. The molecule has 1 aliphatic heterocycles. The zero-order valence-electron chi connectivity index (χ0n) is 16.0. The van der Waals surface area contributed by atoms with E-state index in [-0.39, 0.29) is 5.88 Å². The van der Waals surface area contributed by atoms with Crippen LogP contribution >= 0.6 is 11.6 Å². The molecule has 3 aromatic rings. The lowest BCUT2D eigenvalue weighted by atomic mass is 10.1. The minimum atomic E-state index is 0.155. The lowest BCUT2D eigenvalue weighted by Gasteiger charge is -2.26. The van der Waals surface area contributed by atoms with Crippen LogP contribution in [0.15, 0.2) is 42.6 Å². The number of halogens is 1. The quantitative estimate of drug-likeness (QED) is 0.641. The Bertz CT molecular complexity index is 964. The Labute approximate surface area is 170 Å². The van der Waals surface area contributed by atoms with Gasteiger partial charge in [-0.15, -0.1) is 0 Å². The van der Waals surface area contributed by atoms with Gasteiger partial charge >= 0.3 is 0 Å². The molecule has 0 bridgehead atoms. The van der Waals surface area contributed by atoms with Crippen LogP contribution in [0.3, 0.4) is 0 Å². The van der Waals surface area contributed by atoms with Gasteiger partial charge in [0.25, 0.3) is 0 Å². The maximum Gasteiger partial charge on any atom is 0.203 e. The van der Waals surface area contributed by atoms with Crippen molar-refractivity contribution in [1.82, 2.24) is 9.47 Å². The van der Waals surface area contributed by atoms with E-state index in [1.807, 2.05) is 36.5 Å². The number of piperidine rings is 1. The van der Waals surface area contributed by atoms with Gasteiger partial charge in [-0.25, -0.2) is 0 Å². The van der Waals surface area contributed by atoms with Crippen LogP contribution in [0.25, 0.3) is 16.5 Å². The number of benzene rings is 2. The Hall–Kier alpha value is -2.37. The zero-order chi connectivity index (χ0) is 19.5. The third kappa shape index (κ3) is 3.91. The van der Waals surface area contributed by atoms with Crippen molar-refractivity contribution in [2.75, 3.05) is 33.4 Å². The Balaban J connectivity index is 1.57. The number of nitrogens with zero attached hydrogens (tertiary/aromatic N) is 2. The Kier molecular flexibility index (Phi) is 5.64. The summed E-state index contributed by atoms with van der Waals surface area (Å²) in [4.78, 5) is 2.44. The van der Waals surface area contributed by atoms with E-state index >= 15 is 0 Å². The molecule has 1 aromatic heterocycles. The summed E-state index contributed by atoms with van der Waals surface area (Å²) in [6, 6.07) is 11.1. The van der Waals surface area contributed by atoms with E-state index in [1.54, 1.807) is 17.7 Å². The number of ether oxygens (including phenoxy) is 2. The first-order chi connectivity index (χ1) is 13.7. The molecule has 6 heteroatoms. The number of likely N-dealkylation sites (tertiary alicyclic amines) is 1. The van der Waals surface area contributed by atoms with Gasteiger partial charge in [0.1, 0.15) is 6.61 Å². The number of aromatic nitrogens is 1. The summed E-state index contributed by atoms with van der Waals surface area (Å²) < 4.78 is 13.2. The van der Waals surface area contributed by atoms with Crippen molar-refractivity contribution in [3.8, 4) is 23.1 Å². The molecule has 5 nitrogen and oxygen atoms in total. The highest BCUT2D eigenvalue weighted by Gasteiger charge is 2.14. The second kappa shape index (κ2) is 8.33. The maximum absolute atomic E-state index is 10.7. The molecule has 0 amide bonds. The summed E-state index contributed by atoms with van der Waals surface area (Å²) >= 11 is 6.07. The molecule has 0 aliphatic carbocycles. The summed E-state index contributed by atoms with van der Waals surface area (Å²) in [6.45, 7) is 3.81. The minimum Gasteiger partial charge on any atom is -0.494 e. The van der Waals surface area contributed by atoms with Crippen LogP contribution in [0, 0.1) is 0 Å². The summed E-state index contributed by atoms with van der Waals surface area (Å²) in [5.41, 5.74) is 0.804. The molecule has 0 spiro atoms. The van der Waals surface area contributed by atoms with Crippen LogP contribution in [-0.2, 0) is 0 Å². The van der Waals surface area contributed by atoms with E-state index in [0.29, 0.717) is 23.1 Å². The molecule has 1 N–H and O–H groups in total. The van der Waals surface area contributed by atoms with Crippen LogP contribution in [0.1, 0.15) is 19.3 Å². The van der Waals surface area contributed by atoms with Crippen LogP contribution in [-0.4, -0.2) is 47.9 Å². The fourth-order valence-electron chi connectivity index (χ4n) is 3.76. The molecular formula is C22H25ClN2O3. The highest BCUT2D eigenvalue weighted by molar-refractivity contribution is 6.31. The van der Waals surface area contributed by atoms with Crippen molar-refractivity contribution in [2.24, 2.45) is 0 Å². The average Bonchev–Trinajstić information content (AvgIpc) is 3.05. The summed E-state index contributed by atoms with van der Waals surface area (Å²) in [7, 11) is 1.63. The van der Waals surface area contributed by atoms with Gasteiger partial charge < -0.3 is 14.6 Å². The van der Waals surface area contributed by atoms with Gasteiger partial charge in [0, 0.05) is 34.6 Å². The lowest BCUT2D eigenvalue weighted by molar-refractivity contribution is 0.180. The predicted molar refractivity (Wildman–Crippen MR) is 112 cm³/mol. The second-order valence-electron chi connectivity index (χ2n) is 7.14. The second-order valence-corrected chi connectivity index (χ2v) is 7.58. The third-order valence-corrected chi connectivity index (χ3v) is 5.53. The Morgan fingerprint density at radius 2 is 1.86 bits per heavy atom. The average molecular weight is 401 g/mol. The SMILES string of the molecule is COc1ccc(-n2cc3ccc(Cl)cc3c2O)cc1OCCN1CCCCC1. The van der Waals surface area contributed by atoms with Crippen LogP contribution in [0.4, 0.5) is 0 Å². The number of hydrogen-bond acceptors (Lipinski definition) is 4. The normalized spacial score (nSPS) is 15.1. The smallest absolute Gasteiger partial charge is 0.203 e. The predicted octanol–water partition coefficient (Wildman–Crippen LogP) is 4.86. The molecular weight excluding hydrogens is 376 g/mol. The van der Waals surface area contributed by atoms with E-state index in [0.717, 1.165) is 36.1 Å². The molecule has 0 unspecified atom stereocenters. The number of hydrogen-bond donors (Lipinski definition) is 1. The van der Waals surface area contributed by atoms with E-state index < -0.39 is 0 Å². The summed E-state index contributed by atoms with van der Waals surface area (Å²) in [5.74, 6) is 1.51. The fraction of sp³-hybridized carbons (Fsp3) is 0.364. The van der Waals surface area contributed by atoms with Crippen molar-refractivity contribution in [2.45, 2.75) is 19.3 Å². The minimum absolute atomic E-state index is 0.155. The molecule has 148 valence electrons. The maximum atomic E-state index is 10.7. The van der Waals surface area contributed by atoms with Crippen molar-refractivity contribution < 1.29 is 14.6 Å². The molecule has 1 aliphatic rings. The van der Waals surface area contributed by atoms with Gasteiger partial charge in [-0.05, 0) is 50.2 Å². The van der Waals surface area contributed by atoms with Gasteiger partial charge in [-0.2, -0.15) is 0 Å². The van der Waals surface area contributed by atoms with Crippen LogP contribution < -0.4 is 9.47 Å². The fourth-order valence-corrected chi connectivity index (χ4v) is 3.93. The molecule has 2 heterocycles. The molecule has 1 saturated heterocycles. The molecule has 0 saturated carbocycles. The molecule has 0 atom stereocenters. The van der Waals surface area contributed by atoms with E-state index in [4.69, 9.17) is 21.1 Å². The Morgan fingerprint density at radius 1 is 1.04 bits per heavy atom. The van der Waals surface area contributed by atoms with Crippen molar-refractivity contribution >= 4 is 22.4 Å². The molecule has 0 radical (unpaired) electrons. The van der Waals surface area contributed by atoms with Gasteiger partial charge in [0.05, 0.1) is 12.8 Å². The standard InChI is InChI=1S/C22H25ClN2O3/c1-27-20-8-7-18(14-21(20)28-12-11-24-9-3-2-4-10-24)25-15-16-5-6-17(23)13-19(16)22(25)26/h5-8,13-15,26H,2-4,9-12H2,1H3. The van der Waals surface area contributed by atoms with Gasteiger partial charge in [-0.3, -0.25) is 9.47 Å². The first kappa shape index (κ1) is 19.0. The van der Waals surface area contributed by atoms with E-state index in [2.05, 4.69) is 4.90 Å². The number of rotatable bonds is 6. The Morgan fingerprint density at radius 3 is 2.64 bits per heavy atom. The largest absolute Gasteiger partial charge is 0.494 e. The van der Waals surface area contributed by atoms with Gasteiger partial charge in [0.2, 0.25) is 5.88 Å². The zero-order valence-corrected chi connectivity index (χ0v) is 16.8. The number of methoxy groups -OCH3 is 1. The van der Waals surface area contributed by atoms with Crippen molar-refractivity contribution in [1.29, 1.82) is 0 Å².